The number of ether oxygens (including phenoxy) is 1. The molecule has 0 aliphatic carbocycles. The Kier molecular flexibility index (Phi) is 5.68. The van der Waals surface area contributed by atoms with Crippen LogP contribution in [0, 0.1) is 5.92 Å². The number of nitrogens with zero attached hydrogens (tertiary/aromatic N) is 1. The van der Waals surface area contributed by atoms with Gasteiger partial charge in [-0.3, -0.25) is 0 Å². The van der Waals surface area contributed by atoms with Gasteiger partial charge in [0.05, 0.1) is 13.2 Å². The van der Waals surface area contributed by atoms with Gasteiger partial charge in [0.25, 0.3) is 0 Å². The monoisotopic (exact) mass is 278 g/mol. The highest BCUT2D eigenvalue weighted by Crippen LogP contribution is 2.22. The van der Waals surface area contributed by atoms with E-state index in [9.17, 15) is 0 Å². The molecule has 0 saturated carbocycles. The Labute approximate surface area is 121 Å². The molecule has 1 fully saturated rings. The van der Waals surface area contributed by atoms with E-state index in [0.29, 0.717) is 18.5 Å². The number of aliphatic hydroxyl groups excluding tert-OH is 1. The molecular formula is C16H26N2O2. The minimum Gasteiger partial charge on any atom is -0.395 e. The molecule has 1 aromatic carbocycles. The van der Waals surface area contributed by atoms with E-state index in [1.54, 1.807) is 0 Å². The van der Waals surface area contributed by atoms with Crippen molar-refractivity contribution in [1.82, 2.24) is 0 Å². The standard InChI is InChI=1S/C16H26N2O2/c1-3-18(9-10-19)16-6-4-15(5-7-16)17-13(2)14-8-11-20-12-14/h4-7,13-14,17,19H,3,8-12H2,1-2H3. The summed E-state index contributed by atoms with van der Waals surface area (Å²) in [6.45, 7) is 7.85. The van der Waals surface area contributed by atoms with Gasteiger partial charge in [0.15, 0.2) is 0 Å². The summed E-state index contributed by atoms with van der Waals surface area (Å²) in [7, 11) is 0. The molecule has 1 aromatic rings. The molecule has 0 spiro atoms. The van der Waals surface area contributed by atoms with Crippen LogP contribution in [0.5, 0.6) is 0 Å². The number of hydrogen-bond donors (Lipinski definition) is 2. The first-order valence-electron chi connectivity index (χ1n) is 7.54. The van der Waals surface area contributed by atoms with Gasteiger partial charge in [-0.2, -0.15) is 0 Å². The molecule has 2 unspecified atom stereocenters. The van der Waals surface area contributed by atoms with Gasteiger partial charge in [0.2, 0.25) is 0 Å². The van der Waals surface area contributed by atoms with E-state index in [1.807, 2.05) is 0 Å². The first-order valence-corrected chi connectivity index (χ1v) is 7.54. The molecule has 4 nitrogen and oxygen atoms in total. The summed E-state index contributed by atoms with van der Waals surface area (Å²) in [6.07, 6.45) is 1.15. The van der Waals surface area contributed by atoms with E-state index in [-0.39, 0.29) is 6.61 Å². The Hall–Kier alpha value is -1.26. The van der Waals surface area contributed by atoms with Crippen molar-refractivity contribution in [3.05, 3.63) is 24.3 Å². The maximum Gasteiger partial charge on any atom is 0.0606 e. The zero-order valence-electron chi connectivity index (χ0n) is 12.5. The molecule has 2 atom stereocenters. The lowest BCUT2D eigenvalue weighted by molar-refractivity contribution is 0.183. The maximum atomic E-state index is 9.06. The third-order valence-corrected chi connectivity index (χ3v) is 4.05. The largest absolute Gasteiger partial charge is 0.395 e. The highest BCUT2D eigenvalue weighted by atomic mass is 16.5. The maximum absolute atomic E-state index is 9.06. The number of aliphatic hydroxyl groups is 1. The quantitative estimate of drug-likeness (QED) is 0.803. The molecular weight excluding hydrogens is 252 g/mol. The molecule has 0 aromatic heterocycles. The Morgan fingerprint density at radius 1 is 1.40 bits per heavy atom. The van der Waals surface area contributed by atoms with Crippen molar-refractivity contribution in [2.24, 2.45) is 5.92 Å². The van der Waals surface area contributed by atoms with Crippen molar-refractivity contribution in [3.8, 4) is 0 Å². The number of benzene rings is 1. The molecule has 0 amide bonds. The van der Waals surface area contributed by atoms with Crippen molar-refractivity contribution in [1.29, 1.82) is 0 Å². The third-order valence-electron chi connectivity index (χ3n) is 4.05. The summed E-state index contributed by atoms with van der Waals surface area (Å²) in [5.74, 6) is 0.608. The van der Waals surface area contributed by atoms with E-state index in [4.69, 9.17) is 9.84 Å². The van der Waals surface area contributed by atoms with E-state index in [1.165, 1.54) is 0 Å². The minimum atomic E-state index is 0.187. The first-order chi connectivity index (χ1) is 9.74. The minimum absolute atomic E-state index is 0.187. The highest BCUT2D eigenvalue weighted by molar-refractivity contribution is 5.55. The highest BCUT2D eigenvalue weighted by Gasteiger charge is 2.21. The molecule has 1 aliphatic heterocycles. The van der Waals surface area contributed by atoms with Crippen LogP contribution in [-0.4, -0.2) is 44.1 Å². The van der Waals surface area contributed by atoms with Gasteiger partial charge in [-0.1, -0.05) is 0 Å². The first kappa shape index (κ1) is 15.1. The summed E-state index contributed by atoms with van der Waals surface area (Å²) in [6, 6.07) is 8.88. The summed E-state index contributed by atoms with van der Waals surface area (Å²) in [5, 5.41) is 12.6. The third kappa shape index (κ3) is 3.87. The van der Waals surface area contributed by atoms with Gasteiger partial charge in [0.1, 0.15) is 0 Å². The Morgan fingerprint density at radius 2 is 2.15 bits per heavy atom. The second kappa shape index (κ2) is 7.50. The van der Waals surface area contributed by atoms with E-state index in [2.05, 4.69) is 48.3 Å². The van der Waals surface area contributed by atoms with Crippen LogP contribution in [0.4, 0.5) is 11.4 Å². The molecule has 1 heterocycles. The Bertz CT molecular complexity index is 388. The number of anilines is 2. The predicted molar refractivity (Wildman–Crippen MR) is 83.4 cm³/mol. The fourth-order valence-electron chi connectivity index (χ4n) is 2.69. The molecule has 0 bridgehead atoms. The number of rotatable bonds is 7. The van der Waals surface area contributed by atoms with E-state index >= 15 is 0 Å². The Balaban J connectivity index is 1.93. The van der Waals surface area contributed by atoms with Crippen molar-refractivity contribution >= 4 is 11.4 Å². The second-order valence-electron chi connectivity index (χ2n) is 5.41. The van der Waals surface area contributed by atoms with Crippen molar-refractivity contribution in [2.75, 3.05) is 43.1 Å². The van der Waals surface area contributed by atoms with Gasteiger partial charge in [-0.05, 0) is 44.5 Å². The lowest BCUT2D eigenvalue weighted by atomic mass is 10.0. The van der Waals surface area contributed by atoms with Crippen molar-refractivity contribution in [3.63, 3.8) is 0 Å². The number of hydrogen-bond acceptors (Lipinski definition) is 4. The zero-order valence-corrected chi connectivity index (χ0v) is 12.5. The van der Waals surface area contributed by atoms with Gasteiger partial charge in [-0.15, -0.1) is 0 Å². The lowest BCUT2D eigenvalue weighted by Crippen LogP contribution is -2.27. The van der Waals surface area contributed by atoms with Gasteiger partial charge in [-0.25, -0.2) is 0 Å². The van der Waals surface area contributed by atoms with Crippen LogP contribution in [0.15, 0.2) is 24.3 Å². The fraction of sp³-hybridized carbons (Fsp3) is 0.625. The molecule has 2 rings (SSSR count). The molecule has 0 radical (unpaired) electrons. The smallest absolute Gasteiger partial charge is 0.0606 e. The van der Waals surface area contributed by atoms with Gasteiger partial charge < -0.3 is 20.1 Å². The van der Waals surface area contributed by atoms with Crippen LogP contribution in [0.3, 0.4) is 0 Å². The molecule has 112 valence electrons. The summed E-state index contributed by atoms with van der Waals surface area (Å²) >= 11 is 0. The summed E-state index contributed by atoms with van der Waals surface area (Å²) < 4.78 is 5.44. The molecule has 4 heteroatoms. The van der Waals surface area contributed by atoms with Gasteiger partial charge in [0, 0.05) is 43.0 Å². The lowest BCUT2D eigenvalue weighted by Gasteiger charge is -2.24. The normalized spacial score (nSPS) is 19.9. The van der Waals surface area contributed by atoms with Crippen LogP contribution in [0.25, 0.3) is 0 Å². The van der Waals surface area contributed by atoms with Gasteiger partial charge >= 0.3 is 0 Å². The van der Waals surface area contributed by atoms with E-state index < -0.39 is 0 Å². The molecule has 20 heavy (non-hydrogen) atoms. The summed E-state index contributed by atoms with van der Waals surface area (Å²) in [4.78, 5) is 2.16. The predicted octanol–water partition coefficient (Wildman–Crippen LogP) is 2.34. The summed E-state index contributed by atoms with van der Waals surface area (Å²) in [5.41, 5.74) is 2.30. The molecule has 2 N–H and O–H groups in total. The van der Waals surface area contributed by atoms with Crippen LogP contribution in [-0.2, 0) is 4.74 Å². The number of likely N-dealkylation sites (N-methyl/N-ethyl adjacent to an activating group) is 1. The van der Waals surface area contributed by atoms with Crippen molar-refractivity contribution < 1.29 is 9.84 Å². The Morgan fingerprint density at radius 3 is 2.70 bits per heavy atom. The van der Waals surface area contributed by atoms with Crippen LogP contribution in [0.1, 0.15) is 20.3 Å². The van der Waals surface area contributed by atoms with E-state index in [0.717, 1.165) is 37.6 Å². The average molecular weight is 278 g/mol. The fourth-order valence-corrected chi connectivity index (χ4v) is 2.69. The SMILES string of the molecule is CCN(CCO)c1ccc(NC(C)C2CCOC2)cc1. The van der Waals surface area contributed by atoms with Crippen molar-refractivity contribution in [2.45, 2.75) is 26.3 Å². The topological polar surface area (TPSA) is 44.7 Å². The number of nitrogens with one attached hydrogen (secondary N) is 1. The van der Waals surface area contributed by atoms with Crippen LogP contribution in [0.2, 0.25) is 0 Å². The van der Waals surface area contributed by atoms with Crippen LogP contribution >= 0.6 is 0 Å². The average Bonchev–Trinajstić information content (AvgIpc) is 3.00. The second-order valence-corrected chi connectivity index (χ2v) is 5.41. The molecule has 1 saturated heterocycles. The zero-order chi connectivity index (χ0) is 14.4. The van der Waals surface area contributed by atoms with Crippen LogP contribution < -0.4 is 10.2 Å². The molecule has 1 aliphatic rings.